The highest BCUT2D eigenvalue weighted by molar-refractivity contribution is 5.90. The Morgan fingerprint density at radius 2 is 1.61 bits per heavy atom. The minimum atomic E-state index is -0.767. The number of piperidine rings is 1. The third-order valence-corrected chi connectivity index (χ3v) is 7.64. The predicted molar refractivity (Wildman–Crippen MR) is 183 cm³/mol. The number of carbonyl (C=O) groups excluding carboxylic acids is 4. The van der Waals surface area contributed by atoms with E-state index in [4.69, 9.17) is 9.94 Å². The molecule has 0 aliphatic carbocycles. The van der Waals surface area contributed by atoms with Gasteiger partial charge >= 0.3 is 0 Å². The Morgan fingerprint density at radius 1 is 0.978 bits per heavy atom. The monoisotopic (exact) mass is 643 g/mol. The summed E-state index contributed by atoms with van der Waals surface area (Å²) in [4.78, 5) is 53.0. The van der Waals surface area contributed by atoms with Gasteiger partial charge in [-0.25, -0.2) is 0 Å². The third-order valence-electron chi connectivity index (χ3n) is 7.64. The van der Waals surface area contributed by atoms with Crippen molar-refractivity contribution in [1.29, 1.82) is 0 Å². The quantitative estimate of drug-likeness (QED) is 0.334. The van der Waals surface area contributed by atoms with Gasteiger partial charge in [0, 0.05) is 30.2 Å². The van der Waals surface area contributed by atoms with E-state index in [0.717, 1.165) is 56.3 Å². The molecule has 4 N–H and O–H groups in total. The fraction of sp³-hybridized carbons (Fsp3) is 0.600. The number of hydrogen-bond donors (Lipinski definition) is 4. The molecule has 0 saturated carbocycles. The molecule has 258 valence electrons. The van der Waals surface area contributed by atoms with Gasteiger partial charge in [0.1, 0.15) is 19.3 Å². The minimum absolute atomic E-state index is 0.0338. The third kappa shape index (κ3) is 14.5. The lowest BCUT2D eigenvalue weighted by molar-refractivity contribution is -0.130. The number of benzene rings is 1. The van der Waals surface area contributed by atoms with E-state index in [0.29, 0.717) is 13.0 Å². The molecule has 2 fully saturated rings. The molecule has 11 nitrogen and oxygen atoms in total. The number of para-hydroxylation sites is 1. The highest BCUT2D eigenvalue weighted by Gasteiger charge is 2.30. The fourth-order valence-electron chi connectivity index (χ4n) is 4.70. The van der Waals surface area contributed by atoms with Crippen molar-refractivity contribution in [3.8, 4) is 0 Å². The maximum atomic E-state index is 12.2. The number of fused-ring (bicyclic) bond motifs is 2. The summed E-state index contributed by atoms with van der Waals surface area (Å²) in [7, 11) is 1.67. The Kier molecular flexibility index (Phi) is 19.7. The second kappa shape index (κ2) is 22.6. The van der Waals surface area contributed by atoms with Crippen molar-refractivity contribution < 1.29 is 29.1 Å². The molecule has 3 amide bonds. The average molecular weight is 644 g/mol. The lowest BCUT2D eigenvalue weighted by Crippen LogP contribution is -2.53. The van der Waals surface area contributed by atoms with Crippen LogP contribution in [0.4, 0.5) is 0 Å². The number of amides is 3. The number of ketones is 1. The van der Waals surface area contributed by atoms with E-state index in [1.165, 1.54) is 30.7 Å². The van der Waals surface area contributed by atoms with E-state index in [9.17, 15) is 19.2 Å². The van der Waals surface area contributed by atoms with Crippen molar-refractivity contribution in [3.63, 3.8) is 0 Å². The van der Waals surface area contributed by atoms with Gasteiger partial charge in [-0.1, -0.05) is 71.2 Å². The van der Waals surface area contributed by atoms with Crippen LogP contribution in [0.2, 0.25) is 0 Å². The number of carbonyl (C=O) groups is 4. The normalized spacial score (nSPS) is 17.4. The SMILES string of the molecule is C=C1CNC(=O)CNC(=O)CNC(=O)C2CCCCN12.CCCC.CCCCCC(=O)C(C)O.COn1cc(C)c2ccccc21. The molecule has 2 aliphatic heterocycles. The van der Waals surface area contributed by atoms with Gasteiger partial charge in [0.2, 0.25) is 17.7 Å². The Bertz CT molecular complexity index is 1200. The van der Waals surface area contributed by atoms with E-state index in [2.05, 4.69) is 56.3 Å². The van der Waals surface area contributed by atoms with E-state index in [1.54, 1.807) is 11.8 Å². The molecule has 0 bridgehead atoms. The maximum absolute atomic E-state index is 12.2. The Morgan fingerprint density at radius 3 is 2.22 bits per heavy atom. The lowest BCUT2D eigenvalue weighted by Gasteiger charge is -2.37. The Labute approximate surface area is 275 Å². The molecule has 2 aromatic rings. The first-order valence-electron chi connectivity index (χ1n) is 16.6. The molecule has 2 unspecified atom stereocenters. The standard InChI is InChI=1S/C13H20N4O3.C10H11NO.C8H16O2.C4H10/c1-9-6-14-11(18)7-15-12(19)8-16-13(20)10-4-2-3-5-17(9)10;1-8-7-11(12-2)10-6-4-3-5-9(8)10;1-3-4-5-6-8(10)7(2)9;1-3-4-2/h10H,1-8H2,(H,14,18)(H,15,19)(H,16,20);3-7H,1-2H3;7,9H,3-6H2,1-2H3;3-4H2,1-2H3. The van der Waals surface area contributed by atoms with Crippen LogP contribution < -0.4 is 20.8 Å². The van der Waals surface area contributed by atoms with Crippen molar-refractivity contribution in [2.24, 2.45) is 0 Å². The number of nitrogens with one attached hydrogen (secondary N) is 3. The number of aromatic nitrogens is 1. The van der Waals surface area contributed by atoms with Crippen molar-refractivity contribution in [3.05, 3.63) is 48.3 Å². The van der Waals surface area contributed by atoms with Crippen molar-refractivity contribution in [2.75, 3.05) is 33.3 Å². The number of nitrogens with zero attached hydrogens (tertiary/aromatic N) is 2. The molecule has 0 radical (unpaired) electrons. The van der Waals surface area contributed by atoms with Crippen LogP contribution in [0, 0.1) is 6.92 Å². The van der Waals surface area contributed by atoms with E-state index < -0.39 is 6.10 Å². The summed E-state index contributed by atoms with van der Waals surface area (Å²) in [6.45, 7) is 14.8. The fourth-order valence-corrected chi connectivity index (χ4v) is 4.70. The first-order chi connectivity index (χ1) is 22.0. The van der Waals surface area contributed by atoms with Crippen LogP contribution in [0.1, 0.15) is 91.0 Å². The van der Waals surface area contributed by atoms with Crippen LogP contribution in [0.25, 0.3) is 10.9 Å². The van der Waals surface area contributed by atoms with Gasteiger partial charge in [-0.15, -0.1) is 0 Å². The van der Waals surface area contributed by atoms with Gasteiger partial charge in [-0.3, -0.25) is 19.2 Å². The van der Waals surface area contributed by atoms with Crippen LogP contribution in [0.5, 0.6) is 0 Å². The van der Waals surface area contributed by atoms with Crippen molar-refractivity contribution >= 4 is 34.4 Å². The molecule has 2 saturated heterocycles. The van der Waals surface area contributed by atoms with Crippen LogP contribution in [0.3, 0.4) is 0 Å². The van der Waals surface area contributed by atoms with Crippen LogP contribution >= 0.6 is 0 Å². The van der Waals surface area contributed by atoms with Gasteiger partial charge in [0.05, 0.1) is 25.2 Å². The summed E-state index contributed by atoms with van der Waals surface area (Å²) in [5.41, 5.74) is 3.09. The second-order valence-corrected chi connectivity index (χ2v) is 11.5. The van der Waals surface area contributed by atoms with Gasteiger partial charge in [0.15, 0.2) is 5.78 Å². The van der Waals surface area contributed by atoms with Crippen LogP contribution in [-0.2, 0) is 19.2 Å². The summed E-state index contributed by atoms with van der Waals surface area (Å²) < 4.78 is 1.78. The largest absolute Gasteiger partial charge is 0.417 e. The molecule has 3 heterocycles. The Balaban J connectivity index is 0.000000348. The molecule has 0 spiro atoms. The average Bonchev–Trinajstić information content (AvgIpc) is 3.40. The first kappa shape index (κ1) is 40.2. The van der Waals surface area contributed by atoms with Gasteiger partial charge in [-0.05, 0) is 51.2 Å². The zero-order chi connectivity index (χ0) is 34.5. The number of aliphatic hydroxyl groups is 1. The minimum Gasteiger partial charge on any atom is -0.417 e. The van der Waals surface area contributed by atoms with E-state index in [-0.39, 0.29) is 42.6 Å². The topological polar surface area (TPSA) is 142 Å². The summed E-state index contributed by atoms with van der Waals surface area (Å²) in [6, 6.07) is 7.89. The van der Waals surface area contributed by atoms with E-state index in [1.807, 2.05) is 29.3 Å². The molecule has 1 aromatic heterocycles. The van der Waals surface area contributed by atoms with Crippen LogP contribution in [-0.4, -0.2) is 83.7 Å². The molecule has 2 aliphatic rings. The summed E-state index contributed by atoms with van der Waals surface area (Å²) in [6.07, 6.45) is 10.2. The molecular weight excluding hydrogens is 586 g/mol. The number of unbranched alkanes of at least 4 members (excludes halogenated alkanes) is 3. The molecular formula is C35H57N5O6. The van der Waals surface area contributed by atoms with E-state index >= 15 is 0 Å². The van der Waals surface area contributed by atoms with Gasteiger partial charge < -0.3 is 30.8 Å². The number of Topliss-reactive ketones (excluding diaryl/α,β-unsaturated/α-hetero) is 1. The predicted octanol–water partition coefficient (Wildman–Crippen LogP) is 4.05. The molecule has 2 atom stereocenters. The highest BCUT2D eigenvalue weighted by Crippen LogP contribution is 2.21. The molecule has 11 heteroatoms. The van der Waals surface area contributed by atoms with Gasteiger partial charge in [-0.2, -0.15) is 4.73 Å². The summed E-state index contributed by atoms with van der Waals surface area (Å²) >= 11 is 0. The first-order valence-corrected chi connectivity index (χ1v) is 16.6. The lowest BCUT2D eigenvalue weighted by atomic mass is 10.0. The summed E-state index contributed by atoms with van der Waals surface area (Å²) in [5, 5.41) is 17.8. The highest BCUT2D eigenvalue weighted by atomic mass is 16.6. The smallest absolute Gasteiger partial charge is 0.243 e. The van der Waals surface area contributed by atoms with Crippen molar-refractivity contribution in [2.45, 2.75) is 105 Å². The second-order valence-electron chi connectivity index (χ2n) is 11.5. The van der Waals surface area contributed by atoms with Crippen LogP contribution in [0.15, 0.2) is 42.7 Å². The van der Waals surface area contributed by atoms with Crippen molar-refractivity contribution in [1.82, 2.24) is 25.6 Å². The number of rotatable bonds is 7. The number of hydrogen-bond acceptors (Lipinski definition) is 7. The molecule has 1 aromatic carbocycles. The zero-order valence-electron chi connectivity index (χ0n) is 28.8. The van der Waals surface area contributed by atoms with Gasteiger partial charge in [0.25, 0.3) is 0 Å². The maximum Gasteiger partial charge on any atom is 0.243 e. The molecule has 46 heavy (non-hydrogen) atoms. The molecule has 4 rings (SSSR count). The summed E-state index contributed by atoms with van der Waals surface area (Å²) in [5.74, 6) is -0.823. The number of aliphatic hydroxyl groups excluding tert-OH is 1. The zero-order valence-corrected chi connectivity index (χ0v) is 28.8. The number of aryl methyl sites for hydroxylation is 1. The Hall–Kier alpha value is -3.86.